The molecule has 0 spiro atoms. The lowest BCUT2D eigenvalue weighted by molar-refractivity contribution is -0.144. The summed E-state index contributed by atoms with van der Waals surface area (Å²) in [7, 11) is 0. The average Bonchev–Trinajstić information content (AvgIpc) is 3.15. The highest BCUT2D eigenvalue weighted by molar-refractivity contribution is 5.76. The molecular weight excluding hydrogens is 270 g/mol. The van der Waals surface area contributed by atoms with Crippen molar-refractivity contribution in [2.24, 2.45) is 5.92 Å². The van der Waals surface area contributed by atoms with Crippen LogP contribution in [-0.2, 0) is 16.1 Å². The molecule has 1 amide bonds. The molecule has 1 saturated carbocycles. The molecule has 1 N–H and O–H groups in total. The smallest absolute Gasteiger partial charge is 0.223 e. The third-order valence-corrected chi connectivity index (χ3v) is 4.55. The summed E-state index contributed by atoms with van der Waals surface area (Å²) in [5.41, 5.74) is 0. The van der Waals surface area contributed by atoms with Gasteiger partial charge in [-0.3, -0.25) is 9.48 Å². The Morgan fingerprint density at radius 3 is 3.10 bits per heavy atom. The number of carbonyl (C=O) groups is 1. The SMILES string of the molecule is O=C(CCCn1cccn1)N1CCOC2C[C@H](CO)C[C@@H]21. The van der Waals surface area contributed by atoms with E-state index in [0.29, 0.717) is 19.6 Å². The Morgan fingerprint density at radius 1 is 1.43 bits per heavy atom. The van der Waals surface area contributed by atoms with Gasteiger partial charge in [0.25, 0.3) is 0 Å². The minimum absolute atomic E-state index is 0.117. The number of hydrogen-bond acceptors (Lipinski definition) is 4. The summed E-state index contributed by atoms with van der Waals surface area (Å²) < 4.78 is 7.61. The number of carbonyl (C=O) groups excluding carboxylic acids is 1. The van der Waals surface area contributed by atoms with Gasteiger partial charge in [-0.1, -0.05) is 0 Å². The fourth-order valence-electron chi connectivity index (χ4n) is 3.48. The molecule has 21 heavy (non-hydrogen) atoms. The quantitative estimate of drug-likeness (QED) is 0.866. The number of morpholine rings is 1. The van der Waals surface area contributed by atoms with E-state index >= 15 is 0 Å². The van der Waals surface area contributed by atoms with Crippen LogP contribution >= 0.6 is 0 Å². The molecule has 2 aliphatic rings. The van der Waals surface area contributed by atoms with E-state index in [9.17, 15) is 9.90 Å². The van der Waals surface area contributed by atoms with Gasteiger partial charge in [0.1, 0.15) is 0 Å². The zero-order chi connectivity index (χ0) is 14.7. The van der Waals surface area contributed by atoms with Gasteiger partial charge in [0, 0.05) is 38.5 Å². The Balaban J connectivity index is 1.51. The van der Waals surface area contributed by atoms with Gasteiger partial charge in [0.05, 0.1) is 18.8 Å². The molecule has 0 radical (unpaired) electrons. The van der Waals surface area contributed by atoms with E-state index in [1.807, 2.05) is 21.8 Å². The summed E-state index contributed by atoms with van der Waals surface area (Å²) in [5, 5.41) is 13.5. The van der Waals surface area contributed by atoms with E-state index in [4.69, 9.17) is 4.74 Å². The van der Waals surface area contributed by atoms with Gasteiger partial charge in [0.2, 0.25) is 5.91 Å². The van der Waals surface area contributed by atoms with Crippen LogP contribution in [0.15, 0.2) is 18.5 Å². The number of fused-ring (bicyclic) bond motifs is 1. The molecule has 116 valence electrons. The molecule has 2 fully saturated rings. The van der Waals surface area contributed by atoms with Crippen molar-refractivity contribution in [1.29, 1.82) is 0 Å². The summed E-state index contributed by atoms with van der Waals surface area (Å²) >= 11 is 0. The van der Waals surface area contributed by atoms with Gasteiger partial charge in [-0.15, -0.1) is 0 Å². The fraction of sp³-hybridized carbons (Fsp3) is 0.733. The Morgan fingerprint density at radius 2 is 2.33 bits per heavy atom. The lowest BCUT2D eigenvalue weighted by Gasteiger charge is -2.37. The van der Waals surface area contributed by atoms with Crippen LogP contribution in [-0.4, -0.2) is 57.6 Å². The van der Waals surface area contributed by atoms with Crippen LogP contribution in [0.1, 0.15) is 25.7 Å². The van der Waals surface area contributed by atoms with Crippen LogP contribution < -0.4 is 0 Å². The second kappa shape index (κ2) is 6.58. The lowest BCUT2D eigenvalue weighted by Crippen LogP contribution is -2.51. The van der Waals surface area contributed by atoms with Gasteiger partial charge < -0.3 is 14.7 Å². The average molecular weight is 293 g/mol. The Bertz CT molecular complexity index is 463. The normalized spacial score (nSPS) is 28.6. The third-order valence-electron chi connectivity index (χ3n) is 4.55. The second-order valence-electron chi connectivity index (χ2n) is 5.96. The van der Waals surface area contributed by atoms with Crippen LogP contribution in [0.3, 0.4) is 0 Å². The second-order valence-corrected chi connectivity index (χ2v) is 5.96. The zero-order valence-corrected chi connectivity index (χ0v) is 12.2. The maximum Gasteiger partial charge on any atom is 0.223 e. The van der Waals surface area contributed by atoms with E-state index < -0.39 is 0 Å². The van der Waals surface area contributed by atoms with Gasteiger partial charge in [0.15, 0.2) is 0 Å². The molecule has 1 unspecified atom stereocenters. The molecule has 3 atom stereocenters. The summed E-state index contributed by atoms with van der Waals surface area (Å²) in [6.45, 7) is 2.26. The molecule has 1 aromatic heterocycles. The highest BCUT2D eigenvalue weighted by Crippen LogP contribution is 2.34. The van der Waals surface area contributed by atoms with Crippen LogP contribution in [0.4, 0.5) is 0 Å². The van der Waals surface area contributed by atoms with Crippen LogP contribution in [0.5, 0.6) is 0 Å². The van der Waals surface area contributed by atoms with E-state index in [1.165, 1.54) is 0 Å². The number of ether oxygens (including phenoxy) is 1. The van der Waals surface area contributed by atoms with Crippen molar-refractivity contribution in [2.75, 3.05) is 19.8 Å². The molecule has 0 bridgehead atoms. The topological polar surface area (TPSA) is 67.6 Å². The fourth-order valence-corrected chi connectivity index (χ4v) is 3.48. The van der Waals surface area contributed by atoms with E-state index in [2.05, 4.69) is 5.10 Å². The van der Waals surface area contributed by atoms with E-state index in [-0.39, 0.29) is 30.6 Å². The maximum atomic E-state index is 12.4. The number of aryl methyl sites for hydroxylation is 1. The minimum atomic E-state index is 0.117. The van der Waals surface area contributed by atoms with Gasteiger partial charge >= 0.3 is 0 Å². The molecule has 1 saturated heterocycles. The molecule has 2 heterocycles. The standard InChI is InChI=1S/C15H23N3O3/c19-11-12-9-13-14(10-12)21-8-7-18(13)15(20)3-1-5-17-6-2-4-16-17/h2,4,6,12-14,19H,1,3,5,7-11H2/t12-,13+,14?/m1/s1. The van der Waals surface area contributed by atoms with Crippen molar-refractivity contribution in [3.63, 3.8) is 0 Å². The van der Waals surface area contributed by atoms with E-state index in [1.54, 1.807) is 6.20 Å². The predicted molar refractivity (Wildman–Crippen MR) is 76.5 cm³/mol. The summed E-state index contributed by atoms with van der Waals surface area (Å²) in [5.74, 6) is 0.483. The van der Waals surface area contributed by atoms with Crippen LogP contribution in [0, 0.1) is 5.92 Å². The molecule has 6 heteroatoms. The van der Waals surface area contributed by atoms with Crippen molar-refractivity contribution in [1.82, 2.24) is 14.7 Å². The monoisotopic (exact) mass is 293 g/mol. The minimum Gasteiger partial charge on any atom is -0.396 e. The Kier molecular flexibility index (Phi) is 4.55. The van der Waals surface area contributed by atoms with Gasteiger partial charge in [-0.2, -0.15) is 5.10 Å². The highest BCUT2D eigenvalue weighted by atomic mass is 16.5. The first-order valence-corrected chi connectivity index (χ1v) is 7.77. The summed E-state index contributed by atoms with van der Waals surface area (Å²) in [6, 6.07) is 2.05. The molecule has 1 aromatic rings. The van der Waals surface area contributed by atoms with Crippen molar-refractivity contribution in [2.45, 2.75) is 44.4 Å². The molecular formula is C15H23N3O3. The van der Waals surface area contributed by atoms with E-state index in [0.717, 1.165) is 25.8 Å². The first kappa shape index (κ1) is 14.5. The summed E-state index contributed by atoms with van der Waals surface area (Å²) in [6.07, 6.45) is 6.88. The van der Waals surface area contributed by atoms with Crippen molar-refractivity contribution in [3.05, 3.63) is 18.5 Å². The molecule has 6 nitrogen and oxygen atoms in total. The van der Waals surface area contributed by atoms with Crippen molar-refractivity contribution >= 4 is 5.91 Å². The van der Waals surface area contributed by atoms with Gasteiger partial charge in [-0.25, -0.2) is 0 Å². The number of nitrogens with zero attached hydrogens (tertiary/aromatic N) is 3. The number of aliphatic hydroxyl groups is 1. The number of rotatable bonds is 5. The first-order chi connectivity index (χ1) is 10.3. The zero-order valence-electron chi connectivity index (χ0n) is 12.2. The van der Waals surface area contributed by atoms with Crippen LogP contribution in [0.2, 0.25) is 0 Å². The first-order valence-electron chi connectivity index (χ1n) is 7.77. The highest BCUT2D eigenvalue weighted by Gasteiger charge is 2.42. The largest absolute Gasteiger partial charge is 0.396 e. The molecule has 0 aromatic carbocycles. The number of aliphatic hydroxyl groups excluding tert-OH is 1. The maximum absolute atomic E-state index is 12.4. The lowest BCUT2D eigenvalue weighted by atomic mass is 10.1. The number of hydrogen-bond donors (Lipinski definition) is 1. The molecule has 1 aliphatic carbocycles. The Hall–Kier alpha value is -1.40. The predicted octanol–water partition coefficient (Wildman–Crippen LogP) is 0.662. The summed E-state index contributed by atoms with van der Waals surface area (Å²) in [4.78, 5) is 14.4. The number of aromatic nitrogens is 2. The van der Waals surface area contributed by atoms with Crippen molar-refractivity contribution < 1.29 is 14.6 Å². The third kappa shape index (κ3) is 3.27. The number of amides is 1. The Labute approximate surface area is 124 Å². The van der Waals surface area contributed by atoms with Crippen molar-refractivity contribution in [3.8, 4) is 0 Å². The van der Waals surface area contributed by atoms with Crippen LogP contribution in [0.25, 0.3) is 0 Å². The van der Waals surface area contributed by atoms with Gasteiger partial charge in [-0.05, 0) is 31.2 Å². The molecule has 1 aliphatic heterocycles. The molecule has 3 rings (SSSR count).